The van der Waals surface area contributed by atoms with Gasteiger partial charge >= 0.3 is 12.4 Å². The summed E-state index contributed by atoms with van der Waals surface area (Å²) in [6.45, 7) is -0.127. The maximum absolute atomic E-state index is 13.2. The average Bonchev–Trinajstić information content (AvgIpc) is 2.94. The largest absolute Gasteiger partial charge is 0.416 e. The number of hydrogen-bond acceptors (Lipinski definition) is 1. The normalized spacial score (nSPS) is 13.3. The van der Waals surface area contributed by atoms with Crippen molar-refractivity contribution in [3.05, 3.63) is 65.7 Å². The van der Waals surface area contributed by atoms with Crippen LogP contribution in [0.4, 0.5) is 26.3 Å². The minimum absolute atomic E-state index is 0.127. The molecule has 3 rings (SSSR count). The van der Waals surface area contributed by atoms with Crippen LogP contribution in [0.25, 0.3) is 25.7 Å². The molecule has 0 saturated carbocycles. The highest BCUT2D eigenvalue weighted by atomic mass is 127. The van der Waals surface area contributed by atoms with E-state index in [1.165, 1.54) is 17.7 Å². The van der Waals surface area contributed by atoms with E-state index in [9.17, 15) is 26.3 Å². The summed E-state index contributed by atoms with van der Waals surface area (Å²) in [4.78, 5) is 0. The Balaban J connectivity index is 2.44. The molecular weight excluding hydrogens is 511 g/mol. The Morgan fingerprint density at radius 3 is 2.24 bits per heavy atom. The monoisotopic (exact) mass is 525 g/mol. The standard InChI is InChI=1S/C20H14F6INO/c1-29-11-28-16-9-13(20(24,25)26)7-8-14(16)17(15(27)10-19(21,22)23)18(28)12-5-3-2-4-6-12/h2-10H,11H2,1H3/b15-10+. The van der Waals surface area contributed by atoms with Crippen molar-refractivity contribution in [3.8, 4) is 11.3 Å². The van der Waals surface area contributed by atoms with Crippen LogP contribution in [0, 0.1) is 0 Å². The molecule has 1 aromatic heterocycles. The summed E-state index contributed by atoms with van der Waals surface area (Å²) in [5.74, 6) is 0. The SMILES string of the molecule is COCn1c(-c2ccccc2)c(/C(I)=C\C(F)(F)F)c2ccc(C(F)(F)F)cc21. The molecule has 0 radical (unpaired) electrons. The molecule has 0 spiro atoms. The van der Waals surface area contributed by atoms with Gasteiger partial charge in [0.2, 0.25) is 0 Å². The second kappa shape index (κ2) is 8.02. The van der Waals surface area contributed by atoms with E-state index >= 15 is 0 Å². The predicted molar refractivity (Wildman–Crippen MR) is 107 cm³/mol. The minimum atomic E-state index is -4.58. The molecule has 9 heteroatoms. The number of ether oxygens (including phenoxy) is 1. The van der Waals surface area contributed by atoms with Crippen LogP contribution < -0.4 is 0 Å². The van der Waals surface area contributed by atoms with Crippen molar-refractivity contribution >= 4 is 37.1 Å². The molecule has 0 fully saturated rings. The highest BCUT2D eigenvalue weighted by Crippen LogP contribution is 2.43. The first-order chi connectivity index (χ1) is 13.5. The van der Waals surface area contributed by atoms with Crippen LogP contribution in [0.15, 0.2) is 54.6 Å². The van der Waals surface area contributed by atoms with Gasteiger partial charge in [-0.3, -0.25) is 0 Å². The third kappa shape index (κ3) is 4.61. The molecule has 0 saturated heterocycles. The van der Waals surface area contributed by atoms with Gasteiger partial charge in [-0.2, -0.15) is 26.3 Å². The van der Waals surface area contributed by atoms with Gasteiger partial charge in [0.25, 0.3) is 0 Å². The van der Waals surface area contributed by atoms with E-state index in [4.69, 9.17) is 4.74 Å². The first-order valence-corrected chi connectivity index (χ1v) is 9.34. The summed E-state index contributed by atoms with van der Waals surface area (Å²) in [5.41, 5.74) is 0.372. The van der Waals surface area contributed by atoms with Crippen molar-refractivity contribution in [2.75, 3.05) is 7.11 Å². The van der Waals surface area contributed by atoms with Gasteiger partial charge in [0.1, 0.15) is 6.73 Å². The first kappa shape index (κ1) is 21.7. The molecule has 2 aromatic carbocycles. The van der Waals surface area contributed by atoms with Gasteiger partial charge in [0.15, 0.2) is 0 Å². The van der Waals surface area contributed by atoms with E-state index in [1.807, 2.05) is 0 Å². The zero-order valence-electron chi connectivity index (χ0n) is 14.9. The number of fused-ring (bicyclic) bond motifs is 1. The van der Waals surface area contributed by atoms with Crippen LogP contribution in [-0.2, 0) is 17.6 Å². The lowest BCUT2D eigenvalue weighted by Crippen LogP contribution is -2.06. The zero-order chi connectivity index (χ0) is 21.4. The van der Waals surface area contributed by atoms with Crippen LogP contribution in [-0.4, -0.2) is 17.9 Å². The maximum atomic E-state index is 13.2. The molecule has 0 aliphatic rings. The van der Waals surface area contributed by atoms with Crippen molar-refractivity contribution in [3.63, 3.8) is 0 Å². The summed E-state index contributed by atoms with van der Waals surface area (Å²) in [7, 11) is 1.37. The number of benzene rings is 2. The topological polar surface area (TPSA) is 14.2 Å². The summed E-state index contributed by atoms with van der Waals surface area (Å²) >= 11 is 1.56. The van der Waals surface area contributed by atoms with Crippen molar-refractivity contribution in [2.45, 2.75) is 19.1 Å². The van der Waals surface area contributed by atoms with Gasteiger partial charge in [-0.25, -0.2) is 0 Å². The maximum Gasteiger partial charge on any atom is 0.416 e. The molecule has 0 aliphatic carbocycles. The first-order valence-electron chi connectivity index (χ1n) is 8.26. The Hall–Kier alpha value is -2.01. The Labute approximate surface area is 175 Å². The lowest BCUT2D eigenvalue weighted by atomic mass is 10.0. The number of hydrogen-bond donors (Lipinski definition) is 0. The molecule has 0 N–H and O–H groups in total. The molecule has 0 bridgehead atoms. The van der Waals surface area contributed by atoms with Crippen molar-refractivity contribution < 1.29 is 31.1 Å². The van der Waals surface area contributed by atoms with Gasteiger partial charge < -0.3 is 9.30 Å². The molecule has 3 aromatic rings. The van der Waals surface area contributed by atoms with E-state index in [0.29, 0.717) is 11.3 Å². The van der Waals surface area contributed by atoms with E-state index in [-0.39, 0.29) is 32.9 Å². The Bertz CT molecular complexity index is 1050. The van der Waals surface area contributed by atoms with E-state index in [1.54, 1.807) is 52.9 Å². The Morgan fingerprint density at radius 1 is 1.03 bits per heavy atom. The molecular formula is C20H14F6INO. The molecule has 0 amide bonds. The average molecular weight is 525 g/mol. The quantitative estimate of drug-likeness (QED) is 0.258. The van der Waals surface area contributed by atoms with Gasteiger partial charge in [-0.05, 0) is 40.3 Å². The summed E-state index contributed by atoms with van der Waals surface area (Å²) in [6, 6.07) is 11.5. The molecule has 29 heavy (non-hydrogen) atoms. The number of alkyl halides is 6. The molecule has 2 nitrogen and oxygen atoms in total. The molecule has 0 aliphatic heterocycles. The van der Waals surface area contributed by atoms with Crippen LogP contribution in [0.3, 0.4) is 0 Å². The number of rotatable bonds is 4. The number of halogens is 7. The van der Waals surface area contributed by atoms with E-state index in [2.05, 4.69) is 0 Å². The zero-order valence-corrected chi connectivity index (χ0v) is 17.1. The van der Waals surface area contributed by atoms with Crippen LogP contribution in [0.2, 0.25) is 0 Å². The minimum Gasteiger partial charge on any atom is -0.364 e. The Morgan fingerprint density at radius 2 is 1.69 bits per heavy atom. The molecule has 0 unspecified atom stereocenters. The molecule has 154 valence electrons. The fourth-order valence-corrected chi connectivity index (χ4v) is 4.04. The fourth-order valence-electron chi connectivity index (χ4n) is 3.14. The molecule has 0 atom stereocenters. The summed E-state index contributed by atoms with van der Waals surface area (Å²) in [5, 5.41) is 0.277. The summed E-state index contributed by atoms with van der Waals surface area (Å²) in [6.07, 6.45) is -9.02. The second-order valence-corrected chi connectivity index (χ2v) is 7.36. The van der Waals surface area contributed by atoms with Gasteiger partial charge in [-0.1, -0.05) is 36.4 Å². The van der Waals surface area contributed by atoms with Gasteiger partial charge in [0, 0.05) is 27.7 Å². The third-order valence-electron chi connectivity index (χ3n) is 4.23. The van der Waals surface area contributed by atoms with Crippen molar-refractivity contribution in [1.82, 2.24) is 4.57 Å². The van der Waals surface area contributed by atoms with Crippen LogP contribution in [0.1, 0.15) is 11.1 Å². The number of allylic oxidation sites excluding steroid dienone is 1. The smallest absolute Gasteiger partial charge is 0.364 e. The fraction of sp³-hybridized carbons (Fsp3) is 0.200. The summed E-state index contributed by atoms with van der Waals surface area (Å²) < 4.78 is 85.3. The third-order valence-corrected chi connectivity index (χ3v) is 5.08. The number of nitrogens with zero attached hydrogens (tertiary/aromatic N) is 1. The van der Waals surface area contributed by atoms with Crippen LogP contribution >= 0.6 is 22.6 Å². The number of methoxy groups -OCH3 is 1. The lowest BCUT2D eigenvalue weighted by Gasteiger charge is -2.12. The number of aromatic nitrogens is 1. The Kier molecular flexibility index (Phi) is 6.00. The van der Waals surface area contributed by atoms with Gasteiger partial charge in [-0.15, -0.1) is 0 Å². The van der Waals surface area contributed by atoms with E-state index in [0.717, 1.165) is 12.1 Å². The molecule has 1 heterocycles. The predicted octanol–water partition coefficient (Wildman–Crippen LogP) is 7.27. The van der Waals surface area contributed by atoms with Gasteiger partial charge in [0.05, 0.1) is 16.8 Å². The second-order valence-electron chi connectivity index (χ2n) is 6.20. The van der Waals surface area contributed by atoms with Crippen molar-refractivity contribution in [1.29, 1.82) is 0 Å². The van der Waals surface area contributed by atoms with Crippen LogP contribution in [0.5, 0.6) is 0 Å². The van der Waals surface area contributed by atoms with Crippen molar-refractivity contribution in [2.24, 2.45) is 0 Å². The lowest BCUT2D eigenvalue weighted by molar-refractivity contribution is -0.137. The van der Waals surface area contributed by atoms with E-state index < -0.39 is 17.9 Å². The highest BCUT2D eigenvalue weighted by Gasteiger charge is 2.33. The highest BCUT2D eigenvalue weighted by molar-refractivity contribution is 14.1.